The smallest absolute Gasteiger partial charge is 0.201 e. The molecule has 1 heterocycles. The molecule has 0 aliphatic carbocycles. The number of ether oxygens (including phenoxy) is 2. The molecule has 1 aromatic carbocycles. The Balaban J connectivity index is 2.59. The number of halogens is 1. The van der Waals surface area contributed by atoms with Crippen LogP contribution in [0.4, 0.5) is 0 Å². The highest BCUT2D eigenvalue weighted by atomic mass is 79.9. The van der Waals surface area contributed by atoms with Crippen LogP contribution in [-0.2, 0) is 0 Å². The molecule has 86 valence electrons. The third-order valence-electron chi connectivity index (χ3n) is 2.56. The quantitative estimate of drug-likeness (QED) is 0.860. The Morgan fingerprint density at radius 1 is 1.38 bits per heavy atom. The van der Waals surface area contributed by atoms with E-state index < -0.39 is 5.60 Å². The Bertz CT molecular complexity index is 464. The minimum atomic E-state index is -0.475. The second kappa shape index (κ2) is 3.70. The third kappa shape index (κ3) is 1.67. The average molecular weight is 285 g/mol. The highest BCUT2D eigenvalue weighted by Gasteiger charge is 2.31. The van der Waals surface area contributed by atoms with Crippen LogP contribution in [0.2, 0.25) is 0 Å². The van der Waals surface area contributed by atoms with Gasteiger partial charge < -0.3 is 14.6 Å². The van der Waals surface area contributed by atoms with E-state index in [1.807, 2.05) is 26.0 Å². The molecule has 2 rings (SSSR count). The maximum Gasteiger partial charge on any atom is 0.201 e. The standard InChI is InChI=1S/C12H13BrO3/c1-12(2)9(13)6-7-4-5-8(15-3)10(14)11(7)16-12/h4-6,14H,1-3H3. The molecule has 0 radical (unpaired) electrons. The molecule has 0 bridgehead atoms. The summed E-state index contributed by atoms with van der Waals surface area (Å²) in [6, 6.07) is 3.57. The van der Waals surface area contributed by atoms with Crippen LogP contribution in [0.5, 0.6) is 17.2 Å². The zero-order chi connectivity index (χ0) is 11.9. The van der Waals surface area contributed by atoms with Gasteiger partial charge in [-0.15, -0.1) is 0 Å². The molecule has 0 saturated heterocycles. The molecule has 0 atom stereocenters. The normalized spacial score (nSPS) is 17.1. The summed E-state index contributed by atoms with van der Waals surface area (Å²) in [5.41, 5.74) is 0.362. The lowest BCUT2D eigenvalue weighted by Crippen LogP contribution is -2.30. The van der Waals surface area contributed by atoms with Gasteiger partial charge in [-0.25, -0.2) is 0 Å². The summed E-state index contributed by atoms with van der Waals surface area (Å²) in [4.78, 5) is 0. The first-order chi connectivity index (χ1) is 7.45. The molecule has 0 fully saturated rings. The number of phenols is 1. The molecule has 0 spiro atoms. The molecule has 0 unspecified atom stereocenters. The van der Waals surface area contributed by atoms with E-state index in [1.54, 1.807) is 6.07 Å². The first-order valence-corrected chi connectivity index (χ1v) is 5.71. The fraction of sp³-hybridized carbons (Fsp3) is 0.333. The van der Waals surface area contributed by atoms with Crippen LogP contribution in [0.15, 0.2) is 16.6 Å². The van der Waals surface area contributed by atoms with Crippen molar-refractivity contribution >= 4 is 22.0 Å². The minimum Gasteiger partial charge on any atom is -0.502 e. The fourth-order valence-electron chi connectivity index (χ4n) is 1.57. The number of aromatic hydroxyl groups is 1. The van der Waals surface area contributed by atoms with E-state index in [9.17, 15) is 5.11 Å². The predicted octanol–water partition coefficient (Wildman–Crippen LogP) is 3.31. The Morgan fingerprint density at radius 3 is 2.69 bits per heavy atom. The Kier molecular flexibility index (Phi) is 2.62. The van der Waals surface area contributed by atoms with Crippen molar-refractivity contribution in [1.82, 2.24) is 0 Å². The van der Waals surface area contributed by atoms with Crippen molar-refractivity contribution in [3.63, 3.8) is 0 Å². The second-order valence-electron chi connectivity index (χ2n) is 4.14. The lowest BCUT2D eigenvalue weighted by atomic mass is 10.0. The van der Waals surface area contributed by atoms with Gasteiger partial charge in [0.05, 0.1) is 7.11 Å². The minimum absolute atomic E-state index is 0.0457. The van der Waals surface area contributed by atoms with Gasteiger partial charge in [0.25, 0.3) is 0 Å². The lowest BCUT2D eigenvalue weighted by Gasteiger charge is -2.31. The van der Waals surface area contributed by atoms with E-state index in [4.69, 9.17) is 9.47 Å². The van der Waals surface area contributed by atoms with Crippen LogP contribution in [0.1, 0.15) is 19.4 Å². The monoisotopic (exact) mass is 284 g/mol. The van der Waals surface area contributed by atoms with E-state index in [-0.39, 0.29) is 5.75 Å². The van der Waals surface area contributed by atoms with Crippen LogP contribution in [0.3, 0.4) is 0 Å². The summed E-state index contributed by atoms with van der Waals surface area (Å²) in [7, 11) is 1.52. The molecule has 1 aromatic rings. The molecule has 0 saturated carbocycles. The summed E-state index contributed by atoms with van der Waals surface area (Å²) in [6.45, 7) is 3.85. The van der Waals surface area contributed by atoms with Gasteiger partial charge in [-0.3, -0.25) is 0 Å². The summed E-state index contributed by atoms with van der Waals surface area (Å²) < 4.78 is 11.7. The third-order valence-corrected chi connectivity index (χ3v) is 3.74. The maximum atomic E-state index is 9.96. The molecule has 1 aliphatic rings. The van der Waals surface area contributed by atoms with Gasteiger partial charge in [0, 0.05) is 10.0 Å². The molecular weight excluding hydrogens is 272 g/mol. The van der Waals surface area contributed by atoms with Crippen LogP contribution >= 0.6 is 15.9 Å². The fourth-order valence-corrected chi connectivity index (χ4v) is 1.90. The first-order valence-electron chi connectivity index (χ1n) is 4.92. The largest absolute Gasteiger partial charge is 0.502 e. The van der Waals surface area contributed by atoms with Crippen molar-refractivity contribution in [3.8, 4) is 17.2 Å². The highest BCUT2D eigenvalue weighted by molar-refractivity contribution is 9.11. The van der Waals surface area contributed by atoms with Gasteiger partial charge in [0.1, 0.15) is 5.60 Å². The number of hydrogen-bond acceptors (Lipinski definition) is 3. The predicted molar refractivity (Wildman–Crippen MR) is 66.3 cm³/mol. The molecule has 0 amide bonds. The lowest BCUT2D eigenvalue weighted by molar-refractivity contribution is 0.148. The number of hydrogen-bond donors (Lipinski definition) is 1. The Labute approximate surface area is 103 Å². The summed E-state index contributed by atoms with van der Waals surface area (Å²) >= 11 is 3.46. The van der Waals surface area contributed by atoms with E-state index in [0.29, 0.717) is 11.5 Å². The number of methoxy groups -OCH3 is 1. The van der Waals surface area contributed by atoms with E-state index in [1.165, 1.54) is 7.11 Å². The summed E-state index contributed by atoms with van der Waals surface area (Å²) in [5, 5.41) is 9.96. The van der Waals surface area contributed by atoms with Crippen molar-refractivity contribution in [2.45, 2.75) is 19.4 Å². The number of phenolic OH excluding ortho intramolecular Hbond substituents is 1. The average Bonchev–Trinajstić information content (AvgIpc) is 2.22. The van der Waals surface area contributed by atoms with Gasteiger partial charge in [-0.05, 0) is 32.1 Å². The van der Waals surface area contributed by atoms with Crippen LogP contribution < -0.4 is 9.47 Å². The zero-order valence-electron chi connectivity index (χ0n) is 9.37. The van der Waals surface area contributed by atoms with Gasteiger partial charge in [0.2, 0.25) is 5.75 Å². The molecule has 1 aliphatic heterocycles. The number of fused-ring (bicyclic) bond motifs is 1. The van der Waals surface area contributed by atoms with E-state index in [0.717, 1.165) is 10.0 Å². The van der Waals surface area contributed by atoms with Crippen LogP contribution in [0.25, 0.3) is 6.08 Å². The van der Waals surface area contributed by atoms with E-state index in [2.05, 4.69) is 15.9 Å². The summed E-state index contributed by atoms with van der Waals surface area (Å²) in [6.07, 6.45) is 1.94. The first kappa shape index (κ1) is 11.3. The number of rotatable bonds is 1. The molecule has 1 N–H and O–H groups in total. The maximum absolute atomic E-state index is 9.96. The van der Waals surface area contributed by atoms with Gasteiger partial charge in [-0.2, -0.15) is 0 Å². The van der Waals surface area contributed by atoms with Gasteiger partial charge in [-0.1, -0.05) is 15.9 Å². The SMILES string of the molecule is COc1ccc2c(c1O)OC(C)(C)C(Br)=C2. The van der Waals surface area contributed by atoms with Gasteiger partial charge in [0.15, 0.2) is 11.5 Å². The Morgan fingerprint density at radius 2 is 2.06 bits per heavy atom. The molecule has 4 heteroatoms. The highest BCUT2D eigenvalue weighted by Crippen LogP contribution is 2.46. The number of benzene rings is 1. The van der Waals surface area contributed by atoms with Gasteiger partial charge >= 0.3 is 0 Å². The van der Waals surface area contributed by atoms with E-state index >= 15 is 0 Å². The second-order valence-corrected chi connectivity index (χ2v) is 4.99. The van der Waals surface area contributed by atoms with Crippen molar-refractivity contribution in [3.05, 3.63) is 22.2 Å². The molecule has 0 aromatic heterocycles. The zero-order valence-corrected chi connectivity index (χ0v) is 11.0. The van der Waals surface area contributed by atoms with Crippen molar-refractivity contribution in [2.24, 2.45) is 0 Å². The van der Waals surface area contributed by atoms with Crippen molar-refractivity contribution < 1.29 is 14.6 Å². The van der Waals surface area contributed by atoms with Crippen molar-refractivity contribution in [1.29, 1.82) is 0 Å². The molecule has 16 heavy (non-hydrogen) atoms. The molecular formula is C12H13BrO3. The van der Waals surface area contributed by atoms with Crippen LogP contribution in [0, 0.1) is 0 Å². The topological polar surface area (TPSA) is 38.7 Å². The van der Waals surface area contributed by atoms with Crippen molar-refractivity contribution in [2.75, 3.05) is 7.11 Å². The molecule has 3 nitrogen and oxygen atoms in total. The van der Waals surface area contributed by atoms with Crippen LogP contribution in [-0.4, -0.2) is 17.8 Å². The Hall–Kier alpha value is -1.16. The summed E-state index contributed by atoms with van der Waals surface area (Å²) in [5.74, 6) is 0.929.